The maximum absolute atomic E-state index is 13.2. The first kappa shape index (κ1) is 19.2. The van der Waals surface area contributed by atoms with Crippen LogP contribution in [0.4, 0.5) is 0 Å². The standard InChI is InChI=1S/C21H32N6O/c1-4-18(27-10-5-9-24-27)20(28)25-12-7-21(8-13-25)19-17(22-15-23-19)6-11-26(21)14-16(2)3/h5,9-10,15-16,18H,4,6-8,11-14H2,1-3H3,(H,22,23). The molecule has 2 aliphatic heterocycles. The van der Waals surface area contributed by atoms with Gasteiger partial charge in [-0.1, -0.05) is 20.8 Å². The number of nitrogens with one attached hydrogen (secondary N) is 1. The molecule has 2 aromatic rings. The third kappa shape index (κ3) is 3.26. The molecule has 7 heteroatoms. The maximum atomic E-state index is 13.2. The third-order valence-electron chi connectivity index (χ3n) is 6.40. The van der Waals surface area contributed by atoms with E-state index in [1.54, 1.807) is 10.9 Å². The van der Waals surface area contributed by atoms with E-state index in [0.717, 1.165) is 51.9 Å². The van der Waals surface area contributed by atoms with Gasteiger partial charge in [0.05, 0.1) is 17.6 Å². The first-order valence-corrected chi connectivity index (χ1v) is 10.6. The Morgan fingerprint density at radius 3 is 2.71 bits per heavy atom. The highest BCUT2D eigenvalue weighted by Crippen LogP contribution is 2.42. The van der Waals surface area contributed by atoms with Gasteiger partial charge >= 0.3 is 0 Å². The molecule has 2 aromatic heterocycles. The summed E-state index contributed by atoms with van der Waals surface area (Å²) < 4.78 is 1.80. The number of nitrogens with zero attached hydrogens (tertiary/aromatic N) is 5. The molecule has 0 aromatic carbocycles. The average Bonchev–Trinajstić information content (AvgIpc) is 3.37. The van der Waals surface area contributed by atoms with Crippen molar-refractivity contribution in [2.45, 2.75) is 58.0 Å². The number of hydrogen-bond acceptors (Lipinski definition) is 4. The molecule has 1 spiro atoms. The zero-order valence-electron chi connectivity index (χ0n) is 17.3. The van der Waals surface area contributed by atoms with Gasteiger partial charge in [0, 0.05) is 50.7 Å². The lowest BCUT2D eigenvalue weighted by atomic mass is 9.78. The molecule has 28 heavy (non-hydrogen) atoms. The van der Waals surface area contributed by atoms with Crippen molar-refractivity contribution in [3.63, 3.8) is 0 Å². The van der Waals surface area contributed by atoms with Crippen LogP contribution < -0.4 is 0 Å². The van der Waals surface area contributed by atoms with Gasteiger partial charge in [-0.25, -0.2) is 4.98 Å². The predicted octanol–water partition coefficient (Wildman–Crippen LogP) is 2.59. The normalized spacial score (nSPS) is 20.5. The summed E-state index contributed by atoms with van der Waals surface area (Å²) in [6.45, 7) is 10.3. The van der Waals surface area contributed by atoms with Gasteiger partial charge in [-0.05, 0) is 31.2 Å². The van der Waals surface area contributed by atoms with Gasteiger partial charge in [0.25, 0.3) is 0 Å². The van der Waals surface area contributed by atoms with Crippen LogP contribution >= 0.6 is 0 Å². The molecule has 1 saturated heterocycles. The number of carbonyl (C=O) groups is 1. The third-order valence-corrected chi connectivity index (χ3v) is 6.40. The molecule has 7 nitrogen and oxygen atoms in total. The topological polar surface area (TPSA) is 70.1 Å². The van der Waals surface area contributed by atoms with Crippen molar-refractivity contribution in [1.82, 2.24) is 29.5 Å². The maximum Gasteiger partial charge on any atom is 0.247 e. The van der Waals surface area contributed by atoms with Crippen molar-refractivity contribution >= 4 is 5.91 Å². The van der Waals surface area contributed by atoms with Gasteiger partial charge < -0.3 is 9.88 Å². The minimum absolute atomic E-state index is 0.0396. The number of amides is 1. The van der Waals surface area contributed by atoms with Gasteiger partial charge in [-0.2, -0.15) is 5.10 Å². The van der Waals surface area contributed by atoms with Crippen LogP contribution in [-0.4, -0.2) is 61.6 Å². The highest BCUT2D eigenvalue weighted by atomic mass is 16.2. The fraction of sp³-hybridized carbons (Fsp3) is 0.667. The summed E-state index contributed by atoms with van der Waals surface area (Å²) in [5.41, 5.74) is 2.45. The van der Waals surface area contributed by atoms with Crippen molar-refractivity contribution < 1.29 is 4.79 Å². The van der Waals surface area contributed by atoms with Gasteiger partial charge in [-0.3, -0.25) is 14.4 Å². The number of carbonyl (C=O) groups excluding carboxylic acids is 1. The van der Waals surface area contributed by atoms with Gasteiger partial charge in [-0.15, -0.1) is 0 Å². The number of rotatable bonds is 5. The van der Waals surface area contributed by atoms with E-state index in [-0.39, 0.29) is 17.5 Å². The first-order valence-electron chi connectivity index (χ1n) is 10.6. The molecule has 0 bridgehead atoms. The lowest BCUT2D eigenvalue weighted by Crippen LogP contribution is -2.58. The van der Waals surface area contributed by atoms with Crippen molar-refractivity contribution in [1.29, 1.82) is 0 Å². The second kappa shape index (κ2) is 7.70. The smallest absolute Gasteiger partial charge is 0.247 e. The van der Waals surface area contributed by atoms with Crippen molar-refractivity contribution in [2.75, 3.05) is 26.2 Å². The summed E-state index contributed by atoms with van der Waals surface area (Å²) in [5.74, 6) is 0.802. The number of aromatic nitrogens is 4. The van der Waals surface area contributed by atoms with Crippen molar-refractivity contribution in [3.8, 4) is 0 Å². The van der Waals surface area contributed by atoms with Crippen LogP contribution in [0.2, 0.25) is 0 Å². The molecule has 2 aliphatic rings. The molecule has 0 saturated carbocycles. The molecule has 1 atom stereocenters. The number of H-pyrrole nitrogens is 1. The molecule has 4 rings (SSSR count). The Balaban J connectivity index is 1.53. The number of likely N-dealkylation sites (tertiary alicyclic amines) is 1. The lowest BCUT2D eigenvalue weighted by Gasteiger charge is -2.51. The number of piperidine rings is 1. The zero-order chi connectivity index (χ0) is 19.7. The summed E-state index contributed by atoms with van der Waals surface area (Å²) in [5, 5.41) is 4.30. The van der Waals surface area contributed by atoms with Crippen LogP contribution in [0, 0.1) is 5.92 Å². The van der Waals surface area contributed by atoms with E-state index in [1.165, 1.54) is 11.4 Å². The molecule has 1 amide bonds. The Morgan fingerprint density at radius 1 is 1.29 bits per heavy atom. The molecular formula is C21H32N6O. The SMILES string of the molecule is CCC(C(=O)N1CCC2(CC1)c1nc[nH]c1CCN2CC(C)C)n1cccn1. The minimum Gasteiger partial charge on any atom is -0.348 e. The van der Waals surface area contributed by atoms with Crippen LogP contribution in [-0.2, 0) is 16.8 Å². The minimum atomic E-state index is -0.205. The molecule has 0 aliphatic carbocycles. The summed E-state index contributed by atoms with van der Waals surface area (Å²) in [6.07, 6.45) is 9.14. The zero-order valence-corrected chi connectivity index (χ0v) is 17.3. The van der Waals surface area contributed by atoms with Crippen LogP contribution in [0.15, 0.2) is 24.8 Å². The van der Waals surface area contributed by atoms with E-state index >= 15 is 0 Å². The van der Waals surface area contributed by atoms with E-state index in [2.05, 4.69) is 35.8 Å². The number of imidazole rings is 1. The Morgan fingerprint density at radius 2 is 2.07 bits per heavy atom. The molecule has 0 radical (unpaired) electrons. The molecule has 1 unspecified atom stereocenters. The van der Waals surface area contributed by atoms with Crippen LogP contribution in [0.1, 0.15) is 57.5 Å². The lowest BCUT2D eigenvalue weighted by molar-refractivity contribution is -0.138. The van der Waals surface area contributed by atoms with Crippen LogP contribution in [0.25, 0.3) is 0 Å². The monoisotopic (exact) mass is 384 g/mol. The van der Waals surface area contributed by atoms with Crippen LogP contribution in [0.3, 0.4) is 0 Å². The highest BCUT2D eigenvalue weighted by molar-refractivity contribution is 5.80. The molecule has 1 fully saturated rings. The van der Waals surface area contributed by atoms with E-state index in [1.807, 2.05) is 23.5 Å². The summed E-state index contributed by atoms with van der Waals surface area (Å²) in [4.78, 5) is 25.9. The second-order valence-electron chi connectivity index (χ2n) is 8.59. The summed E-state index contributed by atoms with van der Waals surface area (Å²) >= 11 is 0. The van der Waals surface area contributed by atoms with E-state index in [4.69, 9.17) is 4.98 Å². The Kier molecular flexibility index (Phi) is 5.27. The molecule has 1 N–H and O–H groups in total. The highest BCUT2D eigenvalue weighted by Gasteiger charge is 2.47. The largest absolute Gasteiger partial charge is 0.348 e. The van der Waals surface area contributed by atoms with E-state index < -0.39 is 0 Å². The summed E-state index contributed by atoms with van der Waals surface area (Å²) in [6, 6.07) is 1.68. The fourth-order valence-electron chi connectivity index (χ4n) is 5.03. The Labute approximate surface area is 167 Å². The number of aromatic amines is 1. The predicted molar refractivity (Wildman–Crippen MR) is 108 cm³/mol. The van der Waals surface area contributed by atoms with Crippen molar-refractivity contribution in [2.24, 2.45) is 5.92 Å². The van der Waals surface area contributed by atoms with E-state index in [9.17, 15) is 4.79 Å². The molecule has 152 valence electrons. The number of hydrogen-bond donors (Lipinski definition) is 1. The quantitative estimate of drug-likeness (QED) is 0.860. The van der Waals surface area contributed by atoms with Crippen LogP contribution in [0.5, 0.6) is 0 Å². The second-order valence-corrected chi connectivity index (χ2v) is 8.59. The Hall–Kier alpha value is -2.15. The first-order chi connectivity index (χ1) is 13.5. The van der Waals surface area contributed by atoms with Gasteiger partial charge in [0.2, 0.25) is 5.91 Å². The summed E-state index contributed by atoms with van der Waals surface area (Å²) in [7, 11) is 0. The van der Waals surface area contributed by atoms with Gasteiger partial charge in [0.15, 0.2) is 0 Å². The molecular weight excluding hydrogens is 352 g/mol. The molecule has 4 heterocycles. The number of fused-ring (bicyclic) bond motifs is 2. The van der Waals surface area contributed by atoms with Crippen molar-refractivity contribution in [3.05, 3.63) is 36.2 Å². The average molecular weight is 385 g/mol. The van der Waals surface area contributed by atoms with Gasteiger partial charge in [0.1, 0.15) is 6.04 Å². The fourth-order valence-corrected chi connectivity index (χ4v) is 5.03. The Bertz CT molecular complexity index is 788. The van der Waals surface area contributed by atoms with E-state index in [0.29, 0.717) is 5.92 Å².